The average Bonchev–Trinajstić information content (AvgIpc) is 3.08. The Morgan fingerprint density at radius 2 is 2.19 bits per heavy atom. The Bertz CT molecular complexity index is 558. The third-order valence-electron chi connectivity index (χ3n) is 4.34. The summed E-state index contributed by atoms with van der Waals surface area (Å²) in [5.41, 5.74) is 7.46. The van der Waals surface area contributed by atoms with E-state index in [1.807, 2.05) is 24.3 Å². The van der Waals surface area contributed by atoms with Gasteiger partial charge in [0.1, 0.15) is 0 Å². The quantitative estimate of drug-likeness (QED) is 0.891. The lowest BCUT2D eigenvalue weighted by Crippen LogP contribution is -2.25. The number of nitrogens with two attached hydrogens (primary N) is 1. The lowest BCUT2D eigenvalue weighted by atomic mass is 10.1. The highest BCUT2D eigenvalue weighted by atomic mass is 16.2. The molecule has 1 aliphatic carbocycles. The Hall–Kier alpha value is -1.88. The molecular weight excluding hydrogens is 266 g/mol. The molecule has 0 spiro atoms. The molecule has 1 heterocycles. The zero-order valence-corrected chi connectivity index (χ0v) is 12.0. The highest BCUT2D eigenvalue weighted by Gasteiger charge is 2.28. The van der Waals surface area contributed by atoms with Crippen LogP contribution in [0, 0.1) is 5.92 Å². The van der Waals surface area contributed by atoms with Gasteiger partial charge in [0, 0.05) is 36.3 Å². The second-order valence-corrected chi connectivity index (χ2v) is 5.96. The molecule has 0 radical (unpaired) electrons. The molecule has 112 valence electrons. The molecule has 1 aromatic carbocycles. The molecule has 0 bridgehead atoms. The summed E-state index contributed by atoms with van der Waals surface area (Å²) in [4.78, 5) is 25.8. The maximum Gasteiger partial charge on any atom is 0.227 e. The number of rotatable bonds is 3. The van der Waals surface area contributed by atoms with Gasteiger partial charge < -0.3 is 16.0 Å². The Labute approximate surface area is 124 Å². The predicted molar refractivity (Wildman–Crippen MR) is 82.0 cm³/mol. The summed E-state index contributed by atoms with van der Waals surface area (Å²) in [7, 11) is 0. The van der Waals surface area contributed by atoms with E-state index in [2.05, 4.69) is 5.32 Å². The predicted octanol–water partition coefficient (Wildman–Crippen LogP) is 1.88. The summed E-state index contributed by atoms with van der Waals surface area (Å²) in [6, 6.07) is 7.66. The van der Waals surface area contributed by atoms with E-state index in [0.717, 1.165) is 43.6 Å². The standard InChI is InChI=1S/C16H21N3O2/c17-12-7-6-11(9-12)16(21)18-13-3-1-4-14(10-13)19-8-2-5-15(19)20/h1,3-4,10-12H,2,5-9,17H2,(H,18,21). The van der Waals surface area contributed by atoms with Gasteiger partial charge in [0.25, 0.3) is 0 Å². The lowest BCUT2D eigenvalue weighted by Gasteiger charge is -2.17. The second kappa shape index (κ2) is 5.85. The van der Waals surface area contributed by atoms with Gasteiger partial charge in [-0.25, -0.2) is 0 Å². The molecule has 2 atom stereocenters. The number of hydrogen-bond donors (Lipinski definition) is 2. The summed E-state index contributed by atoms with van der Waals surface area (Å²) < 4.78 is 0. The van der Waals surface area contributed by atoms with Crippen molar-refractivity contribution in [3.8, 4) is 0 Å². The van der Waals surface area contributed by atoms with Crippen molar-refractivity contribution in [2.75, 3.05) is 16.8 Å². The Kier molecular flexibility index (Phi) is 3.92. The van der Waals surface area contributed by atoms with Crippen LogP contribution in [0.4, 0.5) is 11.4 Å². The van der Waals surface area contributed by atoms with Gasteiger partial charge in [-0.3, -0.25) is 9.59 Å². The molecule has 3 N–H and O–H groups in total. The van der Waals surface area contributed by atoms with E-state index in [1.54, 1.807) is 4.90 Å². The van der Waals surface area contributed by atoms with Crippen LogP contribution in [0.1, 0.15) is 32.1 Å². The van der Waals surface area contributed by atoms with Crippen molar-refractivity contribution in [2.24, 2.45) is 11.7 Å². The lowest BCUT2D eigenvalue weighted by molar-refractivity contribution is -0.119. The van der Waals surface area contributed by atoms with Gasteiger partial charge in [-0.1, -0.05) is 6.07 Å². The zero-order chi connectivity index (χ0) is 14.8. The van der Waals surface area contributed by atoms with Crippen LogP contribution in [0.3, 0.4) is 0 Å². The highest BCUT2D eigenvalue weighted by Crippen LogP contribution is 2.27. The summed E-state index contributed by atoms with van der Waals surface area (Å²) in [5, 5.41) is 2.95. The fraction of sp³-hybridized carbons (Fsp3) is 0.500. The van der Waals surface area contributed by atoms with Crippen LogP contribution in [0.5, 0.6) is 0 Å². The summed E-state index contributed by atoms with van der Waals surface area (Å²) in [6.45, 7) is 0.758. The molecule has 21 heavy (non-hydrogen) atoms. The van der Waals surface area contributed by atoms with Crippen molar-refractivity contribution >= 4 is 23.2 Å². The number of hydrogen-bond acceptors (Lipinski definition) is 3. The van der Waals surface area contributed by atoms with Crippen LogP contribution in [0.25, 0.3) is 0 Å². The van der Waals surface area contributed by atoms with Crippen LogP contribution in [-0.4, -0.2) is 24.4 Å². The molecule has 3 rings (SSSR count). The van der Waals surface area contributed by atoms with E-state index in [4.69, 9.17) is 5.73 Å². The number of nitrogens with one attached hydrogen (secondary N) is 1. The number of amides is 2. The van der Waals surface area contributed by atoms with Gasteiger partial charge >= 0.3 is 0 Å². The van der Waals surface area contributed by atoms with E-state index in [1.165, 1.54) is 0 Å². The maximum absolute atomic E-state index is 12.2. The molecule has 1 aliphatic heterocycles. The molecule has 1 saturated carbocycles. The minimum absolute atomic E-state index is 0.0112. The van der Waals surface area contributed by atoms with Crippen LogP contribution in [0.15, 0.2) is 24.3 Å². The van der Waals surface area contributed by atoms with Crippen LogP contribution in [0.2, 0.25) is 0 Å². The Morgan fingerprint density at radius 3 is 2.86 bits per heavy atom. The van der Waals surface area contributed by atoms with Crippen LogP contribution < -0.4 is 16.0 Å². The van der Waals surface area contributed by atoms with Crippen molar-refractivity contribution in [1.82, 2.24) is 0 Å². The molecular formula is C16H21N3O2. The number of anilines is 2. The number of carbonyl (C=O) groups is 2. The smallest absolute Gasteiger partial charge is 0.227 e. The normalized spacial score (nSPS) is 25.4. The minimum Gasteiger partial charge on any atom is -0.328 e. The van der Waals surface area contributed by atoms with Crippen molar-refractivity contribution in [3.05, 3.63) is 24.3 Å². The topological polar surface area (TPSA) is 75.4 Å². The SMILES string of the molecule is NC1CCC(C(=O)Nc2cccc(N3CCCC3=O)c2)C1. The van der Waals surface area contributed by atoms with Crippen molar-refractivity contribution in [2.45, 2.75) is 38.1 Å². The Morgan fingerprint density at radius 1 is 1.33 bits per heavy atom. The van der Waals surface area contributed by atoms with Gasteiger partial charge in [0.05, 0.1) is 0 Å². The number of nitrogens with zero attached hydrogens (tertiary/aromatic N) is 1. The number of benzene rings is 1. The van der Waals surface area contributed by atoms with E-state index < -0.39 is 0 Å². The van der Waals surface area contributed by atoms with Crippen LogP contribution >= 0.6 is 0 Å². The molecule has 2 unspecified atom stereocenters. The third kappa shape index (κ3) is 3.08. The minimum atomic E-state index is 0.0112. The first-order valence-corrected chi connectivity index (χ1v) is 7.60. The van der Waals surface area contributed by atoms with E-state index in [-0.39, 0.29) is 23.8 Å². The fourth-order valence-corrected chi connectivity index (χ4v) is 3.17. The maximum atomic E-state index is 12.2. The first kappa shape index (κ1) is 14.1. The fourth-order valence-electron chi connectivity index (χ4n) is 3.17. The number of carbonyl (C=O) groups excluding carboxylic acids is 2. The molecule has 1 saturated heterocycles. The average molecular weight is 287 g/mol. The monoisotopic (exact) mass is 287 g/mol. The molecule has 0 aromatic heterocycles. The zero-order valence-electron chi connectivity index (χ0n) is 12.0. The molecule has 2 aliphatic rings. The molecule has 5 nitrogen and oxygen atoms in total. The first-order valence-electron chi connectivity index (χ1n) is 7.60. The molecule has 1 aromatic rings. The van der Waals surface area contributed by atoms with Gasteiger partial charge in [-0.2, -0.15) is 0 Å². The largest absolute Gasteiger partial charge is 0.328 e. The van der Waals surface area contributed by atoms with E-state index in [9.17, 15) is 9.59 Å². The summed E-state index contributed by atoms with van der Waals surface area (Å²) in [6.07, 6.45) is 4.04. The van der Waals surface area contributed by atoms with E-state index >= 15 is 0 Å². The molecule has 2 fully saturated rings. The first-order chi connectivity index (χ1) is 10.1. The van der Waals surface area contributed by atoms with E-state index in [0.29, 0.717) is 6.42 Å². The third-order valence-corrected chi connectivity index (χ3v) is 4.34. The van der Waals surface area contributed by atoms with Gasteiger partial charge in [-0.05, 0) is 43.9 Å². The Balaban J connectivity index is 1.68. The van der Waals surface area contributed by atoms with Crippen molar-refractivity contribution in [1.29, 1.82) is 0 Å². The van der Waals surface area contributed by atoms with Gasteiger partial charge in [-0.15, -0.1) is 0 Å². The van der Waals surface area contributed by atoms with Crippen molar-refractivity contribution < 1.29 is 9.59 Å². The van der Waals surface area contributed by atoms with Gasteiger partial charge in [0.2, 0.25) is 11.8 Å². The molecule has 5 heteroatoms. The summed E-state index contributed by atoms with van der Waals surface area (Å²) >= 11 is 0. The second-order valence-electron chi connectivity index (χ2n) is 5.96. The van der Waals surface area contributed by atoms with Crippen molar-refractivity contribution in [3.63, 3.8) is 0 Å². The highest BCUT2D eigenvalue weighted by molar-refractivity contribution is 5.97. The van der Waals surface area contributed by atoms with Gasteiger partial charge in [0.15, 0.2) is 0 Å². The summed E-state index contributed by atoms with van der Waals surface area (Å²) in [5.74, 6) is 0.199. The van der Waals surface area contributed by atoms with Crippen LogP contribution in [-0.2, 0) is 9.59 Å². The molecule has 2 amide bonds.